The highest BCUT2D eigenvalue weighted by molar-refractivity contribution is 9.15. The molecule has 2 N–H and O–H groups in total. The van der Waals surface area contributed by atoms with Crippen LogP contribution in [0.15, 0.2) is 47.9 Å². The van der Waals surface area contributed by atoms with E-state index in [1.165, 1.54) is 0 Å². The van der Waals surface area contributed by atoms with E-state index in [0.29, 0.717) is 10.2 Å². The van der Waals surface area contributed by atoms with E-state index in [9.17, 15) is 9.90 Å². The summed E-state index contributed by atoms with van der Waals surface area (Å²) in [6.45, 7) is 0. The number of hydrogen-bond donors (Lipinski definition) is 2. The number of carbonyl (C=O) groups is 1. The van der Waals surface area contributed by atoms with E-state index in [1.807, 2.05) is 30.3 Å². The molecule has 4 heteroatoms. The maximum absolute atomic E-state index is 11.0. The number of aliphatic hydroxyl groups excluding tert-OH is 1. The largest absolute Gasteiger partial charge is 0.506 e. The average Bonchev–Trinajstić information content (AvgIpc) is 2.58. The third-order valence-electron chi connectivity index (χ3n) is 2.02. The van der Waals surface area contributed by atoms with Crippen LogP contribution >= 0.6 is 15.9 Å². The Morgan fingerprint density at radius 1 is 1.27 bits per heavy atom. The van der Waals surface area contributed by atoms with Gasteiger partial charge >= 0.3 is 0 Å². The van der Waals surface area contributed by atoms with E-state index < -0.39 is 0 Å². The van der Waals surface area contributed by atoms with Crippen LogP contribution in [0.2, 0.25) is 0 Å². The van der Waals surface area contributed by atoms with E-state index in [1.54, 1.807) is 0 Å². The summed E-state index contributed by atoms with van der Waals surface area (Å²) in [5, 5.41) is 12.0. The van der Waals surface area contributed by atoms with Crippen LogP contribution in [-0.4, -0.2) is 11.0 Å². The lowest BCUT2D eigenvalue weighted by molar-refractivity contribution is -0.115. The van der Waals surface area contributed by atoms with E-state index >= 15 is 0 Å². The Balaban J connectivity index is 2.44. The molecule has 1 amide bonds. The molecule has 0 fully saturated rings. The van der Waals surface area contributed by atoms with Gasteiger partial charge in [-0.05, 0) is 21.5 Å². The fraction of sp³-hybridized carbons (Fsp3) is 0. The number of benzene rings is 1. The minimum atomic E-state index is -0.310. The van der Waals surface area contributed by atoms with Gasteiger partial charge < -0.3 is 10.4 Å². The highest BCUT2D eigenvalue weighted by atomic mass is 79.9. The predicted octanol–water partition coefficient (Wildman–Crippen LogP) is 2.32. The average molecular weight is 266 g/mol. The summed E-state index contributed by atoms with van der Waals surface area (Å²) in [5.74, 6) is -0.355. The molecule has 0 atom stereocenters. The number of amides is 1. The molecule has 1 aliphatic rings. The van der Waals surface area contributed by atoms with Gasteiger partial charge in [0.15, 0.2) is 0 Å². The first-order chi connectivity index (χ1) is 7.18. The van der Waals surface area contributed by atoms with Crippen molar-refractivity contribution in [2.45, 2.75) is 0 Å². The van der Waals surface area contributed by atoms with Crippen LogP contribution in [0.3, 0.4) is 0 Å². The first kappa shape index (κ1) is 9.98. The molecular weight excluding hydrogens is 258 g/mol. The minimum Gasteiger partial charge on any atom is -0.506 e. The summed E-state index contributed by atoms with van der Waals surface area (Å²) >= 11 is 3.34. The lowest BCUT2D eigenvalue weighted by Crippen LogP contribution is -2.14. The molecule has 1 aliphatic heterocycles. The van der Waals surface area contributed by atoms with Crippen LogP contribution in [0.1, 0.15) is 5.56 Å². The Kier molecular flexibility index (Phi) is 2.60. The maximum atomic E-state index is 11.0. The van der Waals surface area contributed by atoms with Gasteiger partial charge in [0.25, 0.3) is 5.91 Å². The maximum Gasteiger partial charge on any atom is 0.252 e. The van der Waals surface area contributed by atoms with Crippen LogP contribution in [0.5, 0.6) is 0 Å². The van der Waals surface area contributed by atoms with E-state index in [-0.39, 0.29) is 11.7 Å². The Bertz CT molecular complexity index is 463. The molecule has 0 aromatic heterocycles. The van der Waals surface area contributed by atoms with Gasteiger partial charge in [-0.25, -0.2) is 0 Å². The molecule has 15 heavy (non-hydrogen) atoms. The smallest absolute Gasteiger partial charge is 0.252 e. The highest BCUT2D eigenvalue weighted by Crippen LogP contribution is 2.28. The predicted molar refractivity (Wildman–Crippen MR) is 61.1 cm³/mol. The van der Waals surface area contributed by atoms with E-state index in [2.05, 4.69) is 21.2 Å². The molecule has 0 saturated heterocycles. The SMILES string of the molecule is O=C1C=C(O)C(=C(Br)c2ccccc2)N1. The lowest BCUT2D eigenvalue weighted by Gasteiger charge is -2.05. The van der Waals surface area contributed by atoms with Crippen molar-refractivity contribution < 1.29 is 9.90 Å². The molecule has 0 radical (unpaired) electrons. The van der Waals surface area contributed by atoms with Crippen molar-refractivity contribution in [3.63, 3.8) is 0 Å². The topological polar surface area (TPSA) is 49.3 Å². The second-order valence-corrected chi connectivity index (χ2v) is 3.87. The first-order valence-electron chi connectivity index (χ1n) is 4.35. The highest BCUT2D eigenvalue weighted by Gasteiger charge is 2.20. The summed E-state index contributed by atoms with van der Waals surface area (Å²) in [6.07, 6.45) is 1.15. The molecule has 1 aromatic rings. The summed E-state index contributed by atoms with van der Waals surface area (Å²) in [7, 11) is 0. The normalized spacial score (nSPS) is 18.5. The molecule has 0 bridgehead atoms. The van der Waals surface area contributed by atoms with E-state index in [4.69, 9.17) is 0 Å². The number of halogens is 1. The van der Waals surface area contributed by atoms with Gasteiger partial charge in [-0.2, -0.15) is 0 Å². The molecular formula is C11H8BrNO2. The number of carbonyl (C=O) groups excluding carboxylic acids is 1. The van der Waals surface area contributed by atoms with Crippen molar-refractivity contribution in [1.29, 1.82) is 0 Å². The Labute approximate surface area is 95.2 Å². The van der Waals surface area contributed by atoms with Crippen LogP contribution in [0, 0.1) is 0 Å². The summed E-state index contributed by atoms with van der Waals surface area (Å²) in [5.41, 5.74) is 1.31. The van der Waals surface area contributed by atoms with E-state index in [0.717, 1.165) is 11.6 Å². The van der Waals surface area contributed by atoms with Crippen LogP contribution in [0.4, 0.5) is 0 Å². The Morgan fingerprint density at radius 2 is 1.93 bits per heavy atom. The molecule has 0 saturated carbocycles. The molecule has 76 valence electrons. The fourth-order valence-electron chi connectivity index (χ4n) is 1.32. The Hall–Kier alpha value is -1.55. The fourth-order valence-corrected chi connectivity index (χ4v) is 1.88. The molecule has 0 spiro atoms. The van der Waals surface area contributed by atoms with Crippen molar-refractivity contribution in [3.05, 3.63) is 53.4 Å². The standard InChI is InChI=1S/C11H8BrNO2/c12-10(7-4-2-1-3-5-7)11-8(14)6-9(15)13-11/h1-6,14H,(H,13,15). The molecule has 1 heterocycles. The minimum absolute atomic E-state index is 0.0456. The van der Waals surface area contributed by atoms with Crippen LogP contribution in [0.25, 0.3) is 4.48 Å². The van der Waals surface area contributed by atoms with Crippen molar-refractivity contribution in [2.75, 3.05) is 0 Å². The number of aliphatic hydroxyl groups is 1. The van der Waals surface area contributed by atoms with Gasteiger partial charge in [0.1, 0.15) is 5.76 Å². The molecule has 0 aliphatic carbocycles. The van der Waals surface area contributed by atoms with Gasteiger partial charge in [0, 0.05) is 6.08 Å². The molecule has 3 nitrogen and oxygen atoms in total. The first-order valence-corrected chi connectivity index (χ1v) is 5.15. The van der Waals surface area contributed by atoms with Crippen molar-refractivity contribution in [1.82, 2.24) is 5.32 Å². The zero-order chi connectivity index (χ0) is 10.8. The van der Waals surface area contributed by atoms with Crippen LogP contribution < -0.4 is 5.32 Å². The van der Waals surface area contributed by atoms with Crippen LogP contribution in [-0.2, 0) is 4.79 Å². The summed E-state index contributed by atoms with van der Waals surface area (Å²) in [4.78, 5) is 11.0. The number of hydrogen-bond acceptors (Lipinski definition) is 2. The zero-order valence-electron chi connectivity index (χ0n) is 7.70. The summed E-state index contributed by atoms with van der Waals surface area (Å²) in [6, 6.07) is 9.43. The van der Waals surface area contributed by atoms with Gasteiger partial charge in [-0.15, -0.1) is 0 Å². The second kappa shape index (κ2) is 3.90. The molecule has 2 rings (SSSR count). The quantitative estimate of drug-likeness (QED) is 0.819. The molecule has 0 unspecified atom stereocenters. The lowest BCUT2D eigenvalue weighted by atomic mass is 10.2. The zero-order valence-corrected chi connectivity index (χ0v) is 9.28. The number of rotatable bonds is 1. The monoisotopic (exact) mass is 265 g/mol. The summed E-state index contributed by atoms with van der Waals surface area (Å²) < 4.78 is 0.669. The molecule has 1 aromatic carbocycles. The van der Waals surface area contributed by atoms with Gasteiger partial charge in [-0.1, -0.05) is 30.3 Å². The third kappa shape index (κ3) is 1.94. The van der Waals surface area contributed by atoms with Crippen molar-refractivity contribution in [2.24, 2.45) is 0 Å². The Morgan fingerprint density at radius 3 is 2.47 bits per heavy atom. The van der Waals surface area contributed by atoms with Crippen molar-refractivity contribution in [3.8, 4) is 0 Å². The number of nitrogens with one attached hydrogen (secondary N) is 1. The third-order valence-corrected chi connectivity index (χ3v) is 2.87. The van der Waals surface area contributed by atoms with Gasteiger partial charge in [-0.3, -0.25) is 4.79 Å². The van der Waals surface area contributed by atoms with Crippen molar-refractivity contribution >= 4 is 26.3 Å². The van der Waals surface area contributed by atoms with Gasteiger partial charge in [0.05, 0.1) is 10.2 Å². The second-order valence-electron chi connectivity index (χ2n) is 3.07. The van der Waals surface area contributed by atoms with Gasteiger partial charge in [0.2, 0.25) is 0 Å².